The van der Waals surface area contributed by atoms with Crippen LogP contribution in [-0.2, 0) is 13.0 Å². The molecule has 2 aliphatic rings. The molecule has 1 aromatic carbocycles. The van der Waals surface area contributed by atoms with Gasteiger partial charge in [-0.3, -0.25) is 9.69 Å². The molecule has 4 rings (SSSR count). The lowest BCUT2D eigenvalue weighted by atomic mass is 9.96. The molecule has 0 N–H and O–H groups in total. The number of amides is 2. The number of pyridine rings is 1. The van der Waals surface area contributed by atoms with Crippen molar-refractivity contribution in [1.82, 2.24) is 19.7 Å². The maximum Gasteiger partial charge on any atom is 0.320 e. The second-order valence-electron chi connectivity index (χ2n) is 9.56. The fourth-order valence-corrected chi connectivity index (χ4v) is 5.05. The van der Waals surface area contributed by atoms with Crippen LogP contribution < -0.4 is 0 Å². The van der Waals surface area contributed by atoms with Gasteiger partial charge in [-0.1, -0.05) is 18.5 Å². The van der Waals surface area contributed by atoms with Crippen molar-refractivity contribution in [3.8, 4) is 6.07 Å². The first-order valence-electron chi connectivity index (χ1n) is 11.7. The predicted octanol–water partition coefficient (Wildman–Crippen LogP) is 3.92. The van der Waals surface area contributed by atoms with Crippen LogP contribution in [0.4, 0.5) is 4.79 Å². The molecule has 0 spiro atoms. The van der Waals surface area contributed by atoms with Gasteiger partial charge in [0.05, 0.1) is 0 Å². The van der Waals surface area contributed by atoms with E-state index in [1.54, 1.807) is 12.1 Å². The van der Waals surface area contributed by atoms with E-state index in [0.717, 1.165) is 49.4 Å². The number of piperazine rings is 1. The van der Waals surface area contributed by atoms with Gasteiger partial charge >= 0.3 is 6.03 Å². The topological polar surface area (TPSA) is 80.5 Å². The number of nitriles is 1. The van der Waals surface area contributed by atoms with Gasteiger partial charge in [-0.2, -0.15) is 5.26 Å². The molecule has 2 saturated heterocycles. The number of urea groups is 1. The lowest BCUT2D eigenvalue weighted by Gasteiger charge is -2.46. The summed E-state index contributed by atoms with van der Waals surface area (Å²) in [4.78, 5) is 35.8. The highest BCUT2D eigenvalue weighted by atomic mass is 35.5. The molecule has 1 aromatic heterocycles. The molecule has 1 atom stereocenters. The Morgan fingerprint density at radius 1 is 1.15 bits per heavy atom. The van der Waals surface area contributed by atoms with Gasteiger partial charge in [0.1, 0.15) is 11.8 Å². The zero-order valence-corrected chi connectivity index (χ0v) is 20.7. The second-order valence-corrected chi connectivity index (χ2v) is 10.00. The van der Waals surface area contributed by atoms with Crippen LogP contribution in [0.3, 0.4) is 0 Å². The maximum atomic E-state index is 12.8. The Balaban J connectivity index is 1.41. The number of nitrogens with zero attached hydrogens (tertiary/aromatic N) is 5. The number of Topliss-reactive ketones (excluding diaryl/α,β-unsaturated/α-hetero) is 1. The minimum absolute atomic E-state index is 0.0608. The molecule has 3 heterocycles. The number of halogens is 1. The van der Waals surface area contributed by atoms with Crippen LogP contribution in [0.1, 0.15) is 46.6 Å². The van der Waals surface area contributed by atoms with Gasteiger partial charge in [-0.25, -0.2) is 9.78 Å². The molecular weight excluding hydrogens is 450 g/mol. The molecule has 7 nitrogen and oxygen atoms in total. The Kier molecular flexibility index (Phi) is 7.20. The van der Waals surface area contributed by atoms with Crippen LogP contribution in [0.25, 0.3) is 0 Å². The number of likely N-dealkylation sites (tertiary alicyclic amines) is 1. The molecule has 0 aliphatic carbocycles. The molecule has 8 heteroatoms. The van der Waals surface area contributed by atoms with E-state index in [2.05, 4.69) is 23.7 Å². The number of hydrogen-bond acceptors (Lipinski definition) is 5. The van der Waals surface area contributed by atoms with Crippen molar-refractivity contribution >= 4 is 23.4 Å². The summed E-state index contributed by atoms with van der Waals surface area (Å²) in [5, 5.41) is 9.51. The van der Waals surface area contributed by atoms with Gasteiger partial charge < -0.3 is 9.80 Å². The molecule has 0 bridgehead atoms. The van der Waals surface area contributed by atoms with E-state index in [-0.39, 0.29) is 30.0 Å². The smallest absolute Gasteiger partial charge is 0.320 e. The van der Waals surface area contributed by atoms with Gasteiger partial charge in [-0.05, 0) is 60.7 Å². The van der Waals surface area contributed by atoms with E-state index in [1.807, 2.05) is 34.9 Å². The fourth-order valence-electron chi connectivity index (χ4n) is 4.78. The predicted molar refractivity (Wildman–Crippen MR) is 131 cm³/mol. The van der Waals surface area contributed by atoms with E-state index in [4.69, 9.17) is 16.9 Å². The van der Waals surface area contributed by atoms with Gasteiger partial charge in [0, 0.05) is 68.5 Å². The van der Waals surface area contributed by atoms with Crippen molar-refractivity contribution in [3.05, 3.63) is 63.4 Å². The van der Waals surface area contributed by atoms with Crippen molar-refractivity contribution < 1.29 is 9.59 Å². The van der Waals surface area contributed by atoms with Crippen LogP contribution in [-0.4, -0.2) is 70.3 Å². The van der Waals surface area contributed by atoms with Crippen LogP contribution >= 0.6 is 11.6 Å². The molecular formula is C26H30ClN5O2. The van der Waals surface area contributed by atoms with Crippen molar-refractivity contribution in [2.45, 2.75) is 39.8 Å². The number of carbonyl (C=O) groups is 2. The maximum absolute atomic E-state index is 12.8. The third kappa shape index (κ3) is 5.24. The Bertz CT molecular complexity index is 1120. The van der Waals surface area contributed by atoms with Gasteiger partial charge in [0.25, 0.3) is 0 Å². The van der Waals surface area contributed by atoms with Gasteiger partial charge in [-0.15, -0.1) is 0 Å². The van der Waals surface area contributed by atoms with Crippen LogP contribution in [0.2, 0.25) is 5.02 Å². The summed E-state index contributed by atoms with van der Waals surface area (Å²) < 4.78 is 0. The Labute approximate surface area is 205 Å². The van der Waals surface area contributed by atoms with Crippen molar-refractivity contribution in [3.63, 3.8) is 0 Å². The molecule has 0 saturated carbocycles. The van der Waals surface area contributed by atoms with Crippen molar-refractivity contribution in [2.24, 2.45) is 5.92 Å². The third-order valence-electron chi connectivity index (χ3n) is 6.82. The quantitative estimate of drug-likeness (QED) is 0.607. The normalized spacial score (nSPS) is 19.0. The molecule has 34 heavy (non-hydrogen) atoms. The summed E-state index contributed by atoms with van der Waals surface area (Å²) in [6.45, 7) is 11.0. The Morgan fingerprint density at radius 2 is 1.88 bits per heavy atom. The van der Waals surface area contributed by atoms with Crippen LogP contribution in [0.15, 0.2) is 30.5 Å². The molecule has 2 aromatic rings. The second kappa shape index (κ2) is 10.1. The molecule has 178 valence electrons. The third-order valence-corrected chi connectivity index (χ3v) is 7.04. The number of aromatic nitrogens is 1. The summed E-state index contributed by atoms with van der Waals surface area (Å²) in [6, 6.07) is 9.27. The highest BCUT2D eigenvalue weighted by Gasteiger charge is 2.35. The van der Waals surface area contributed by atoms with Crippen LogP contribution in [0, 0.1) is 24.2 Å². The monoisotopic (exact) mass is 479 g/mol. The lowest BCUT2D eigenvalue weighted by molar-refractivity contribution is 0.0525. The fraction of sp³-hybridized carbons (Fsp3) is 0.462. The molecule has 0 unspecified atom stereocenters. The highest BCUT2D eigenvalue weighted by Crippen LogP contribution is 2.25. The number of ketones is 1. The average Bonchev–Trinajstić information content (AvgIpc) is 2.79. The van der Waals surface area contributed by atoms with E-state index in [1.165, 1.54) is 6.20 Å². The zero-order chi connectivity index (χ0) is 24.4. The Morgan fingerprint density at radius 3 is 2.50 bits per heavy atom. The first kappa shape index (κ1) is 24.2. The summed E-state index contributed by atoms with van der Waals surface area (Å²) >= 11 is 6.43. The Hall–Kier alpha value is -2.95. The number of carbonyl (C=O) groups excluding carboxylic acids is 2. The van der Waals surface area contributed by atoms with Crippen molar-refractivity contribution in [1.29, 1.82) is 5.26 Å². The van der Waals surface area contributed by atoms with E-state index in [9.17, 15) is 9.59 Å². The highest BCUT2D eigenvalue weighted by molar-refractivity contribution is 6.30. The van der Waals surface area contributed by atoms with Gasteiger partial charge in [0.15, 0.2) is 5.78 Å². The van der Waals surface area contributed by atoms with Gasteiger partial charge in [0.2, 0.25) is 0 Å². The largest absolute Gasteiger partial charge is 0.324 e. The summed E-state index contributed by atoms with van der Waals surface area (Å²) in [5.74, 6) is 0.537. The molecule has 0 radical (unpaired) electrons. The molecule has 2 fully saturated rings. The van der Waals surface area contributed by atoms with Crippen LogP contribution in [0.5, 0.6) is 0 Å². The lowest BCUT2D eigenvalue weighted by Crippen LogP contribution is -2.60. The number of hydrogen-bond donors (Lipinski definition) is 0. The minimum atomic E-state index is -0.0608. The SMILES string of the molecule is Cc1c(CC(=O)c2ccc(C#N)nc2)cc(Cl)cc1CN1CCN(C(=O)N2CC(C)C2)[C@@H](C)C1. The first-order valence-corrected chi connectivity index (χ1v) is 12.1. The van der Waals surface area contributed by atoms with E-state index in [0.29, 0.717) is 23.0 Å². The van der Waals surface area contributed by atoms with E-state index >= 15 is 0 Å². The summed E-state index contributed by atoms with van der Waals surface area (Å²) in [5.41, 5.74) is 3.81. The number of rotatable bonds is 5. The molecule has 2 amide bonds. The summed E-state index contributed by atoms with van der Waals surface area (Å²) in [6.07, 6.45) is 1.67. The average molecular weight is 480 g/mol. The number of benzene rings is 1. The minimum Gasteiger partial charge on any atom is -0.324 e. The standard InChI is InChI=1S/C26H30ClN5O2/c1-17-13-31(14-17)26(34)32-7-6-30(15-18(32)2)16-22-9-23(27)8-21(19(22)3)10-25(33)20-4-5-24(11-28)29-12-20/h4-5,8-9,12,17-18H,6-7,10,13-16H2,1-3H3/t18-/m0/s1. The van der Waals surface area contributed by atoms with E-state index < -0.39 is 0 Å². The molecule has 2 aliphatic heterocycles. The summed E-state index contributed by atoms with van der Waals surface area (Å²) in [7, 11) is 0. The zero-order valence-electron chi connectivity index (χ0n) is 19.9. The first-order chi connectivity index (χ1) is 16.2. The van der Waals surface area contributed by atoms with Crippen molar-refractivity contribution in [2.75, 3.05) is 32.7 Å².